The van der Waals surface area contributed by atoms with Crippen LogP contribution >= 0.6 is 11.8 Å². The van der Waals surface area contributed by atoms with E-state index in [1.54, 1.807) is 26.0 Å². The number of hydrogen-bond donors (Lipinski definition) is 0. The van der Waals surface area contributed by atoms with Crippen LogP contribution in [-0.4, -0.2) is 34.2 Å². The molecule has 1 heterocycles. The quantitative estimate of drug-likeness (QED) is 0.543. The predicted octanol–water partition coefficient (Wildman–Crippen LogP) is 3.41. The van der Waals surface area contributed by atoms with Gasteiger partial charge in [-0.2, -0.15) is 16.7 Å². The van der Waals surface area contributed by atoms with Gasteiger partial charge in [0, 0.05) is 12.0 Å². The van der Waals surface area contributed by atoms with Crippen molar-refractivity contribution in [3.05, 3.63) is 35.5 Å². The molecule has 2 aromatic rings. The van der Waals surface area contributed by atoms with Crippen molar-refractivity contribution < 1.29 is 18.4 Å². The molecule has 0 aliphatic carbocycles. The zero-order valence-corrected chi connectivity index (χ0v) is 14.0. The van der Waals surface area contributed by atoms with Gasteiger partial charge in [0.05, 0.1) is 12.4 Å². The van der Waals surface area contributed by atoms with Gasteiger partial charge in [-0.3, -0.25) is 4.79 Å². The number of esters is 1. The molecule has 0 bridgehead atoms. The third-order valence-electron chi connectivity index (χ3n) is 3.10. The van der Waals surface area contributed by atoms with Crippen LogP contribution in [0.4, 0.5) is 4.39 Å². The molecule has 1 aromatic carbocycles. The van der Waals surface area contributed by atoms with E-state index >= 15 is 0 Å². The molecule has 0 spiro atoms. The second-order valence-electron chi connectivity index (χ2n) is 4.94. The van der Waals surface area contributed by atoms with E-state index in [2.05, 4.69) is 10.1 Å². The van der Waals surface area contributed by atoms with E-state index in [9.17, 15) is 9.18 Å². The lowest BCUT2D eigenvalue weighted by molar-refractivity contribution is -0.139. The lowest BCUT2D eigenvalue weighted by atomic mass is 10.1. The predicted molar refractivity (Wildman–Crippen MR) is 86.7 cm³/mol. The summed E-state index contributed by atoms with van der Waals surface area (Å²) in [5.41, 5.74) is 1.18. The summed E-state index contributed by atoms with van der Waals surface area (Å²) >= 11 is 1.51. The molecular formula is C16H19FN2O3S. The number of aromatic nitrogens is 2. The standard InChI is InChI=1S/C16H19FN2O3S/c1-3-21-15(20)10-23-8-4-5-14-18-16(19-22-14)12-7-6-11(2)13(17)9-12/h6-7,9H,3-5,8,10H2,1-2H3. The van der Waals surface area contributed by atoms with Gasteiger partial charge in [0.2, 0.25) is 11.7 Å². The van der Waals surface area contributed by atoms with Crippen molar-refractivity contribution in [2.45, 2.75) is 26.7 Å². The van der Waals surface area contributed by atoms with Gasteiger partial charge in [-0.15, -0.1) is 0 Å². The summed E-state index contributed by atoms with van der Waals surface area (Å²) in [6.45, 7) is 3.90. The highest BCUT2D eigenvalue weighted by Gasteiger charge is 2.10. The second kappa shape index (κ2) is 8.67. The number of carbonyl (C=O) groups is 1. The molecular weight excluding hydrogens is 319 g/mol. The average Bonchev–Trinajstić information content (AvgIpc) is 2.99. The number of thioether (sulfide) groups is 1. The average molecular weight is 338 g/mol. The fourth-order valence-electron chi connectivity index (χ4n) is 1.89. The monoisotopic (exact) mass is 338 g/mol. The fraction of sp³-hybridized carbons (Fsp3) is 0.438. The van der Waals surface area contributed by atoms with E-state index in [4.69, 9.17) is 9.26 Å². The first-order valence-corrected chi connectivity index (χ1v) is 8.58. The lowest BCUT2D eigenvalue weighted by Gasteiger charge is -2.00. The Bertz CT molecular complexity index is 661. The van der Waals surface area contributed by atoms with E-state index in [-0.39, 0.29) is 11.8 Å². The zero-order chi connectivity index (χ0) is 16.7. The van der Waals surface area contributed by atoms with Crippen LogP contribution < -0.4 is 0 Å². The van der Waals surface area contributed by atoms with Gasteiger partial charge in [0.1, 0.15) is 5.82 Å². The number of aryl methyl sites for hydroxylation is 2. The Kier molecular flexibility index (Phi) is 6.58. The van der Waals surface area contributed by atoms with Crippen LogP contribution in [0.25, 0.3) is 11.4 Å². The van der Waals surface area contributed by atoms with Crippen LogP contribution in [-0.2, 0) is 16.0 Å². The summed E-state index contributed by atoms with van der Waals surface area (Å²) in [6.07, 6.45) is 1.44. The molecule has 7 heteroatoms. The van der Waals surface area contributed by atoms with Crippen LogP contribution in [0.2, 0.25) is 0 Å². The maximum Gasteiger partial charge on any atom is 0.315 e. The second-order valence-corrected chi connectivity index (χ2v) is 6.04. The number of carbonyl (C=O) groups excluding carboxylic acids is 1. The SMILES string of the molecule is CCOC(=O)CSCCCc1nc(-c2ccc(C)c(F)c2)no1. The molecule has 0 aliphatic heterocycles. The Morgan fingerprint density at radius 3 is 3.00 bits per heavy atom. The largest absolute Gasteiger partial charge is 0.465 e. The fourth-order valence-corrected chi connectivity index (χ4v) is 2.63. The first-order valence-electron chi connectivity index (χ1n) is 7.42. The lowest BCUT2D eigenvalue weighted by Crippen LogP contribution is -2.07. The van der Waals surface area contributed by atoms with Gasteiger partial charge in [-0.1, -0.05) is 17.3 Å². The minimum absolute atomic E-state index is 0.195. The number of ether oxygens (including phenoxy) is 1. The van der Waals surface area contributed by atoms with Crippen LogP contribution in [0.1, 0.15) is 24.8 Å². The number of halogens is 1. The van der Waals surface area contributed by atoms with Crippen molar-refractivity contribution >= 4 is 17.7 Å². The van der Waals surface area contributed by atoms with Crippen LogP contribution in [0, 0.1) is 12.7 Å². The molecule has 5 nitrogen and oxygen atoms in total. The first-order chi connectivity index (χ1) is 11.1. The maximum absolute atomic E-state index is 13.6. The highest BCUT2D eigenvalue weighted by atomic mass is 32.2. The molecule has 0 amide bonds. The summed E-state index contributed by atoms with van der Waals surface area (Å²) in [5.74, 6) is 1.57. The number of rotatable bonds is 8. The van der Waals surface area contributed by atoms with E-state index in [1.165, 1.54) is 17.8 Å². The van der Waals surface area contributed by atoms with Gasteiger partial charge >= 0.3 is 5.97 Å². The van der Waals surface area contributed by atoms with Crippen LogP contribution in [0.5, 0.6) is 0 Å². The Hall–Kier alpha value is -1.89. The van der Waals surface area contributed by atoms with Crippen molar-refractivity contribution in [2.75, 3.05) is 18.1 Å². The van der Waals surface area contributed by atoms with Crippen molar-refractivity contribution in [2.24, 2.45) is 0 Å². The molecule has 124 valence electrons. The zero-order valence-electron chi connectivity index (χ0n) is 13.2. The van der Waals surface area contributed by atoms with E-state index in [1.807, 2.05) is 0 Å². The van der Waals surface area contributed by atoms with Crippen molar-refractivity contribution in [3.8, 4) is 11.4 Å². The molecule has 0 N–H and O–H groups in total. The molecule has 0 fully saturated rings. The van der Waals surface area contributed by atoms with Gasteiger partial charge in [0.25, 0.3) is 0 Å². The van der Waals surface area contributed by atoms with E-state index in [0.717, 1.165) is 12.2 Å². The molecule has 0 atom stereocenters. The number of benzene rings is 1. The molecule has 2 rings (SSSR count). The molecule has 0 radical (unpaired) electrons. The molecule has 1 aromatic heterocycles. The van der Waals surface area contributed by atoms with Crippen molar-refractivity contribution in [1.29, 1.82) is 0 Å². The van der Waals surface area contributed by atoms with E-state index < -0.39 is 0 Å². The Labute approximate surface area is 138 Å². The highest BCUT2D eigenvalue weighted by Crippen LogP contribution is 2.19. The first kappa shape index (κ1) is 17.5. The smallest absolute Gasteiger partial charge is 0.315 e. The third-order valence-corrected chi connectivity index (χ3v) is 4.12. The van der Waals surface area contributed by atoms with Crippen LogP contribution in [0.3, 0.4) is 0 Å². The molecule has 23 heavy (non-hydrogen) atoms. The molecule has 0 saturated heterocycles. The van der Waals surface area contributed by atoms with Gasteiger partial charge in [0.15, 0.2) is 0 Å². The highest BCUT2D eigenvalue weighted by molar-refractivity contribution is 7.99. The van der Waals surface area contributed by atoms with Gasteiger partial charge < -0.3 is 9.26 Å². The summed E-state index contributed by atoms with van der Waals surface area (Å²) < 4.78 is 23.6. The Morgan fingerprint density at radius 2 is 2.26 bits per heavy atom. The third kappa shape index (κ3) is 5.35. The summed E-state index contributed by atoms with van der Waals surface area (Å²) in [5, 5.41) is 3.87. The minimum Gasteiger partial charge on any atom is -0.465 e. The summed E-state index contributed by atoms with van der Waals surface area (Å²) in [4.78, 5) is 15.4. The van der Waals surface area contributed by atoms with Crippen molar-refractivity contribution in [3.63, 3.8) is 0 Å². The Balaban J connectivity index is 1.79. The molecule has 0 aliphatic rings. The number of hydrogen-bond acceptors (Lipinski definition) is 6. The molecule has 0 unspecified atom stereocenters. The molecule has 0 saturated carbocycles. The summed E-state index contributed by atoms with van der Waals surface area (Å²) in [6, 6.07) is 4.86. The minimum atomic E-state index is -0.288. The Morgan fingerprint density at radius 1 is 1.43 bits per heavy atom. The number of nitrogens with zero attached hydrogens (tertiary/aromatic N) is 2. The summed E-state index contributed by atoms with van der Waals surface area (Å²) in [7, 11) is 0. The normalized spacial score (nSPS) is 10.7. The van der Waals surface area contributed by atoms with Gasteiger partial charge in [-0.25, -0.2) is 4.39 Å². The van der Waals surface area contributed by atoms with Crippen LogP contribution in [0.15, 0.2) is 22.7 Å². The topological polar surface area (TPSA) is 65.2 Å². The van der Waals surface area contributed by atoms with Gasteiger partial charge in [-0.05, 0) is 37.7 Å². The van der Waals surface area contributed by atoms with E-state index in [0.29, 0.717) is 41.6 Å². The van der Waals surface area contributed by atoms with Crippen molar-refractivity contribution in [1.82, 2.24) is 10.1 Å². The maximum atomic E-state index is 13.6.